The van der Waals surface area contributed by atoms with E-state index in [2.05, 4.69) is 15.6 Å². The zero-order valence-electron chi connectivity index (χ0n) is 19.2. The lowest BCUT2D eigenvalue weighted by Crippen LogP contribution is -2.33. The molecule has 1 aromatic carbocycles. The average molecular weight is 462 g/mol. The van der Waals surface area contributed by atoms with Gasteiger partial charge in [-0.05, 0) is 30.9 Å². The number of ether oxygens (including phenoxy) is 3. The summed E-state index contributed by atoms with van der Waals surface area (Å²) in [5.41, 5.74) is 0.769. The van der Waals surface area contributed by atoms with Gasteiger partial charge in [-0.1, -0.05) is 26.7 Å². The molecule has 8 nitrogen and oxygen atoms in total. The third-order valence-electron chi connectivity index (χ3n) is 5.59. The van der Waals surface area contributed by atoms with Crippen molar-refractivity contribution in [2.45, 2.75) is 51.6 Å². The first-order valence-corrected chi connectivity index (χ1v) is 11.6. The van der Waals surface area contributed by atoms with Crippen molar-refractivity contribution in [3.63, 3.8) is 0 Å². The largest absolute Gasteiger partial charge is 0.493 e. The minimum absolute atomic E-state index is 0.0675. The van der Waals surface area contributed by atoms with Gasteiger partial charge in [0.05, 0.1) is 27.4 Å². The topological polar surface area (TPSA) is 98.8 Å². The molecule has 0 spiro atoms. The van der Waals surface area contributed by atoms with E-state index in [1.54, 1.807) is 17.5 Å². The Kier molecular flexibility index (Phi) is 7.95. The molecule has 1 atom stereocenters. The average Bonchev–Trinajstić information content (AvgIpc) is 3.48. The molecule has 1 aromatic heterocycles. The van der Waals surface area contributed by atoms with Gasteiger partial charge in [-0.3, -0.25) is 9.59 Å². The van der Waals surface area contributed by atoms with Gasteiger partial charge in [-0.2, -0.15) is 0 Å². The second kappa shape index (κ2) is 10.7. The number of amides is 2. The van der Waals surface area contributed by atoms with Crippen LogP contribution in [0.1, 0.15) is 71.4 Å². The number of hydrogen-bond acceptors (Lipinski definition) is 7. The smallest absolute Gasteiger partial charge is 0.270 e. The van der Waals surface area contributed by atoms with E-state index in [0.29, 0.717) is 33.5 Å². The third kappa shape index (κ3) is 5.32. The number of rotatable bonds is 9. The van der Waals surface area contributed by atoms with Gasteiger partial charge in [0.1, 0.15) is 10.7 Å². The van der Waals surface area contributed by atoms with E-state index in [0.717, 1.165) is 25.7 Å². The van der Waals surface area contributed by atoms with Gasteiger partial charge in [0.2, 0.25) is 5.75 Å². The molecule has 1 unspecified atom stereocenters. The summed E-state index contributed by atoms with van der Waals surface area (Å²) in [7, 11) is 4.52. The molecule has 2 aromatic rings. The molecule has 1 fully saturated rings. The fourth-order valence-electron chi connectivity index (χ4n) is 3.81. The molecule has 0 radical (unpaired) electrons. The predicted molar refractivity (Wildman–Crippen MR) is 123 cm³/mol. The first-order valence-electron chi connectivity index (χ1n) is 10.7. The Morgan fingerprint density at radius 2 is 1.66 bits per heavy atom. The molecule has 174 valence electrons. The van der Waals surface area contributed by atoms with Crippen LogP contribution in [0.5, 0.6) is 17.2 Å². The van der Waals surface area contributed by atoms with Gasteiger partial charge >= 0.3 is 0 Å². The van der Waals surface area contributed by atoms with Crippen LogP contribution in [0.15, 0.2) is 17.5 Å². The van der Waals surface area contributed by atoms with Crippen LogP contribution in [0, 0.1) is 5.92 Å². The highest BCUT2D eigenvalue weighted by Gasteiger charge is 2.26. The quantitative estimate of drug-likeness (QED) is 0.586. The van der Waals surface area contributed by atoms with E-state index in [4.69, 9.17) is 14.2 Å². The molecule has 1 aliphatic rings. The summed E-state index contributed by atoms with van der Waals surface area (Å²) < 4.78 is 16.0. The van der Waals surface area contributed by atoms with E-state index in [-0.39, 0.29) is 29.8 Å². The van der Waals surface area contributed by atoms with Crippen molar-refractivity contribution in [1.29, 1.82) is 0 Å². The molecular formula is C23H31N3O5S. The molecule has 3 rings (SSSR count). The molecule has 1 aliphatic carbocycles. The number of carbonyl (C=O) groups is 2. The van der Waals surface area contributed by atoms with Gasteiger partial charge in [0.25, 0.3) is 11.8 Å². The number of aromatic nitrogens is 1. The summed E-state index contributed by atoms with van der Waals surface area (Å²) in [6.07, 6.45) is 4.33. The minimum Gasteiger partial charge on any atom is -0.493 e. The first-order chi connectivity index (χ1) is 15.4. The zero-order chi connectivity index (χ0) is 23.3. The number of carbonyl (C=O) groups excluding carboxylic acids is 2. The molecule has 2 N–H and O–H groups in total. The van der Waals surface area contributed by atoms with Crippen LogP contribution >= 0.6 is 11.3 Å². The number of hydrogen-bond donors (Lipinski definition) is 2. The Hall–Kier alpha value is -2.81. The van der Waals surface area contributed by atoms with Gasteiger partial charge in [-0.25, -0.2) is 4.98 Å². The van der Waals surface area contributed by atoms with Gasteiger partial charge in [-0.15, -0.1) is 11.3 Å². The summed E-state index contributed by atoms with van der Waals surface area (Å²) >= 11 is 1.37. The van der Waals surface area contributed by atoms with Crippen LogP contribution in [0.3, 0.4) is 0 Å². The highest BCUT2D eigenvalue weighted by atomic mass is 32.1. The van der Waals surface area contributed by atoms with Crippen LogP contribution < -0.4 is 24.8 Å². The van der Waals surface area contributed by atoms with Gasteiger partial charge in [0, 0.05) is 17.0 Å². The van der Waals surface area contributed by atoms with E-state index >= 15 is 0 Å². The van der Waals surface area contributed by atoms with Crippen molar-refractivity contribution in [3.05, 3.63) is 33.8 Å². The summed E-state index contributed by atoms with van der Waals surface area (Å²) in [6, 6.07) is 3.10. The van der Waals surface area contributed by atoms with Crippen molar-refractivity contribution < 1.29 is 23.8 Å². The molecule has 32 heavy (non-hydrogen) atoms. The van der Waals surface area contributed by atoms with Crippen molar-refractivity contribution in [1.82, 2.24) is 15.6 Å². The van der Waals surface area contributed by atoms with Crippen LogP contribution in [0.25, 0.3) is 0 Å². The highest BCUT2D eigenvalue weighted by Crippen LogP contribution is 2.38. The molecule has 0 saturated heterocycles. The molecule has 9 heteroatoms. The van der Waals surface area contributed by atoms with Crippen LogP contribution in [-0.4, -0.2) is 44.2 Å². The number of methoxy groups -OCH3 is 3. The molecule has 0 bridgehead atoms. The van der Waals surface area contributed by atoms with Gasteiger partial charge < -0.3 is 24.8 Å². The summed E-state index contributed by atoms with van der Waals surface area (Å²) in [4.78, 5) is 30.2. The van der Waals surface area contributed by atoms with Crippen molar-refractivity contribution in [2.24, 2.45) is 5.92 Å². The molecule has 2 amide bonds. The lowest BCUT2D eigenvalue weighted by atomic mass is 10.0. The van der Waals surface area contributed by atoms with E-state index < -0.39 is 0 Å². The Morgan fingerprint density at radius 3 is 2.19 bits per heavy atom. The SMILES string of the molecule is COc1cc(C(=O)NC(c2nc(C(=O)NC3CCCC3)cs2)C(C)C)cc(OC)c1OC. The van der Waals surface area contributed by atoms with E-state index in [9.17, 15) is 9.59 Å². The second-order valence-corrected chi connectivity index (χ2v) is 9.02. The maximum atomic E-state index is 13.1. The predicted octanol–water partition coefficient (Wildman–Crippen LogP) is 3.97. The summed E-state index contributed by atoms with van der Waals surface area (Å²) in [5.74, 6) is 0.840. The minimum atomic E-state index is -0.348. The van der Waals surface area contributed by atoms with Crippen LogP contribution in [0.2, 0.25) is 0 Å². The Morgan fingerprint density at radius 1 is 1.03 bits per heavy atom. The van der Waals surface area contributed by atoms with Gasteiger partial charge in [0.15, 0.2) is 11.5 Å². The molecule has 0 aliphatic heterocycles. The fourth-order valence-corrected chi connectivity index (χ4v) is 4.84. The van der Waals surface area contributed by atoms with Crippen molar-refractivity contribution in [2.75, 3.05) is 21.3 Å². The molecular weight excluding hydrogens is 430 g/mol. The zero-order valence-corrected chi connectivity index (χ0v) is 20.0. The Labute approximate surface area is 192 Å². The molecule has 1 saturated carbocycles. The number of nitrogens with zero attached hydrogens (tertiary/aromatic N) is 1. The van der Waals surface area contributed by atoms with Crippen molar-refractivity contribution >= 4 is 23.2 Å². The first kappa shape index (κ1) is 23.8. The lowest BCUT2D eigenvalue weighted by Gasteiger charge is -2.21. The summed E-state index contributed by atoms with van der Waals surface area (Å²) in [6.45, 7) is 4.00. The third-order valence-corrected chi connectivity index (χ3v) is 6.52. The number of benzene rings is 1. The number of nitrogens with one attached hydrogen (secondary N) is 2. The normalized spacial score (nSPS) is 14.8. The second-order valence-electron chi connectivity index (χ2n) is 8.13. The van der Waals surface area contributed by atoms with Crippen LogP contribution in [0.4, 0.5) is 0 Å². The van der Waals surface area contributed by atoms with Crippen LogP contribution in [-0.2, 0) is 0 Å². The van der Waals surface area contributed by atoms with E-state index in [1.165, 1.54) is 32.7 Å². The van der Waals surface area contributed by atoms with Crippen molar-refractivity contribution in [3.8, 4) is 17.2 Å². The molecule has 1 heterocycles. The lowest BCUT2D eigenvalue weighted by molar-refractivity contribution is 0.0923. The maximum absolute atomic E-state index is 13.1. The summed E-state index contributed by atoms with van der Waals surface area (Å²) in [5, 5.41) is 8.54. The number of thiazole rings is 1. The Bertz CT molecular complexity index is 928. The fraction of sp³-hybridized carbons (Fsp3) is 0.522. The maximum Gasteiger partial charge on any atom is 0.270 e. The van der Waals surface area contributed by atoms with E-state index in [1.807, 2.05) is 13.8 Å². The Balaban J connectivity index is 1.78. The standard InChI is InChI=1S/C23H31N3O5S/c1-13(2)19(23-25-16(12-32-23)22(28)24-15-8-6-7-9-15)26-21(27)14-10-17(29-3)20(31-5)18(11-14)30-4/h10-13,15,19H,6-9H2,1-5H3,(H,24,28)(H,26,27). The monoisotopic (exact) mass is 461 g/mol. The highest BCUT2D eigenvalue weighted by molar-refractivity contribution is 7.09.